The fourth-order valence-corrected chi connectivity index (χ4v) is 2.01. The van der Waals surface area contributed by atoms with Gasteiger partial charge in [0.15, 0.2) is 0 Å². The van der Waals surface area contributed by atoms with Crippen molar-refractivity contribution < 1.29 is 9.90 Å². The Morgan fingerprint density at radius 3 is 2.72 bits per heavy atom. The molecule has 0 amide bonds. The van der Waals surface area contributed by atoms with Gasteiger partial charge in [0.1, 0.15) is 0 Å². The number of aliphatic carboxylic acids is 1. The molecule has 1 unspecified atom stereocenters. The summed E-state index contributed by atoms with van der Waals surface area (Å²) in [4.78, 5) is 11.4. The summed E-state index contributed by atoms with van der Waals surface area (Å²) in [5.41, 5.74) is 2.50. The normalized spacial score (nSPS) is 12.3. The fourth-order valence-electron chi connectivity index (χ4n) is 2.01. The molecule has 0 spiro atoms. The van der Waals surface area contributed by atoms with Gasteiger partial charge in [-0.3, -0.25) is 9.48 Å². The van der Waals surface area contributed by atoms with Crippen LogP contribution in [-0.2, 0) is 18.3 Å². The van der Waals surface area contributed by atoms with Gasteiger partial charge in [-0.1, -0.05) is 29.5 Å². The van der Waals surface area contributed by atoms with E-state index in [1.54, 1.807) is 17.9 Å². The number of hydrogen-bond donors (Lipinski definition) is 1. The molecule has 0 aliphatic carbocycles. The van der Waals surface area contributed by atoms with Crippen molar-refractivity contribution in [2.75, 3.05) is 0 Å². The van der Waals surface area contributed by atoms with E-state index in [4.69, 9.17) is 0 Å². The minimum atomic E-state index is -0.838. The molecule has 0 fully saturated rings. The van der Waals surface area contributed by atoms with Gasteiger partial charge < -0.3 is 5.11 Å². The predicted molar refractivity (Wildman–Crippen MR) is 66.3 cm³/mol. The first-order valence-electron chi connectivity index (χ1n) is 5.71. The second-order valence-electron chi connectivity index (χ2n) is 4.34. The lowest BCUT2D eigenvalue weighted by atomic mass is 9.91. The lowest BCUT2D eigenvalue weighted by Gasteiger charge is -2.13. The fraction of sp³-hybridized carbons (Fsp3) is 0.308. The van der Waals surface area contributed by atoms with Crippen LogP contribution in [0.1, 0.15) is 22.7 Å². The maximum absolute atomic E-state index is 11.4. The summed E-state index contributed by atoms with van der Waals surface area (Å²) < 4.78 is 1.58. The van der Waals surface area contributed by atoms with Crippen LogP contribution >= 0.6 is 0 Å². The number of nitrogens with zero attached hydrogens (tertiary/aromatic N) is 3. The predicted octanol–water partition coefficient (Wildman–Crippen LogP) is 1.53. The summed E-state index contributed by atoms with van der Waals surface area (Å²) in [5, 5.41) is 17.1. The van der Waals surface area contributed by atoms with Gasteiger partial charge in [0.05, 0.1) is 11.6 Å². The Balaban J connectivity index is 2.30. The molecule has 5 heteroatoms. The molecular formula is C13H15N3O2. The topological polar surface area (TPSA) is 68.0 Å². The molecule has 18 heavy (non-hydrogen) atoms. The maximum Gasteiger partial charge on any atom is 0.311 e. The van der Waals surface area contributed by atoms with Crippen LogP contribution in [-0.4, -0.2) is 26.1 Å². The molecular weight excluding hydrogens is 230 g/mol. The van der Waals surface area contributed by atoms with Crippen LogP contribution in [0.3, 0.4) is 0 Å². The third-order valence-corrected chi connectivity index (χ3v) is 2.93. The molecule has 5 nitrogen and oxygen atoms in total. The van der Waals surface area contributed by atoms with E-state index in [1.807, 2.05) is 31.2 Å². The minimum absolute atomic E-state index is 0.355. The van der Waals surface area contributed by atoms with Gasteiger partial charge in [0, 0.05) is 19.7 Å². The van der Waals surface area contributed by atoms with Gasteiger partial charge in [-0.2, -0.15) is 0 Å². The molecule has 0 saturated carbocycles. The van der Waals surface area contributed by atoms with E-state index in [0.29, 0.717) is 12.1 Å². The molecule has 0 saturated heterocycles. The first-order chi connectivity index (χ1) is 8.58. The van der Waals surface area contributed by atoms with E-state index < -0.39 is 11.9 Å². The summed E-state index contributed by atoms with van der Waals surface area (Å²) in [6.07, 6.45) is 2.10. The van der Waals surface area contributed by atoms with E-state index in [0.717, 1.165) is 11.1 Å². The molecule has 0 aliphatic heterocycles. The molecule has 0 bridgehead atoms. The van der Waals surface area contributed by atoms with E-state index >= 15 is 0 Å². The van der Waals surface area contributed by atoms with Gasteiger partial charge in [0.2, 0.25) is 0 Å². The van der Waals surface area contributed by atoms with Crippen LogP contribution in [0, 0.1) is 6.92 Å². The summed E-state index contributed by atoms with van der Waals surface area (Å²) in [7, 11) is 1.76. The quantitative estimate of drug-likeness (QED) is 0.887. The third-order valence-electron chi connectivity index (χ3n) is 2.93. The van der Waals surface area contributed by atoms with Crippen LogP contribution in [0.2, 0.25) is 0 Å². The van der Waals surface area contributed by atoms with Crippen molar-refractivity contribution in [3.05, 3.63) is 47.3 Å². The SMILES string of the molecule is Cc1ccccc1C(Cc1cn(C)nn1)C(=O)O. The number of hydrogen-bond acceptors (Lipinski definition) is 3. The van der Waals surface area contributed by atoms with E-state index in [-0.39, 0.29) is 0 Å². The highest BCUT2D eigenvalue weighted by Crippen LogP contribution is 2.23. The molecule has 1 aromatic carbocycles. The van der Waals surface area contributed by atoms with Crippen molar-refractivity contribution in [2.24, 2.45) is 7.05 Å². The van der Waals surface area contributed by atoms with Crippen molar-refractivity contribution in [2.45, 2.75) is 19.3 Å². The van der Waals surface area contributed by atoms with Gasteiger partial charge in [-0.15, -0.1) is 5.10 Å². The Kier molecular flexibility index (Phi) is 3.41. The maximum atomic E-state index is 11.4. The number of aryl methyl sites for hydroxylation is 2. The molecule has 1 N–H and O–H groups in total. The average Bonchev–Trinajstić information content (AvgIpc) is 2.73. The standard InChI is InChI=1S/C13H15N3O2/c1-9-5-3-4-6-11(9)12(13(17)18)7-10-8-16(2)15-14-10/h3-6,8,12H,7H2,1-2H3,(H,17,18). The van der Waals surface area contributed by atoms with Crippen molar-refractivity contribution >= 4 is 5.97 Å². The number of aromatic nitrogens is 3. The van der Waals surface area contributed by atoms with E-state index in [1.165, 1.54) is 0 Å². The molecule has 1 atom stereocenters. The number of rotatable bonds is 4. The molecule has 1 aromatic heterocycles. The zero-order valence-electron chi connectivity index (χ0n) is 10.4. The highest BCUT2D eigenvalue weighted by atomic mass is 16.4. The smallest absolute Gasteiger partial charge is 0.311 e. The van der Waals surface area contributed by atoms with Crippen LogP contribution in [0.25, 0.3) is 0 Å². The largest absolute Gasteiger partial charge is 0.481 e. The summed E-state index contributed by atoms with van der Waals surface area (Å²) in [6.45, 7) is 1.92. The Labute approximate surface area is 105 Å². The second kappa shape index (κ2) is 5.00. The minimum Gasteiger partial charge on any atom is -0.481 e. The van der Waals surface area contributed by atoms with Crippen LogP contribution in [0.15, 0.2) is 30.5 Å². The Morgan fingerprint density at radius 1 is 1.44 bits per heavy atom. The zero-order chi connectivity index (χ0) is 13.1. The molecule has 2 rings (SSSR count). The van der Waals surface area contributed by atoms with Gasteiger partial charge in [-0.05, 0) is 18.1 Å². The van der Waals surface area contributed by atoms with Gasteiger partial charge in [-0.25, -0.2) is 0 Å². The number of carboxylic acids is 1. The lowest BCUT2D eigenvalue weighted by Crippen LogP contribution is -2.15. The van der Waals surface area contributed by atoms with Crippen molar-refractivity contribution in [3.8, 4) is 0 Å². The number of benzene rings is 1. The van der Waals surface area contributed by atoms with Gasteiger partial charge in [0.25, 0.3) is 0 Å². The molecule has 94 valence electrons. The highest BCUT2D eigenvalue weighted by molar-refractivity contribution is 5.77. The molecule has 0 aliphatic rings. The van der Waals surface area contributed by atoms with Crippen LogP contribution in [0.5, 0.6) is 0 Å². The Bertz CT molecular complexity index is 563. The van der Waals surface area contributed by atoms with E-state index in [2.05, 4.69) is 10.3 Å². The number of carbonyl (C=O) groups is 1. The number of carboxylic acid groups (broad SMARTS) is 1. The highest BCUT2D eigenvalue weighted by Gasteiger charge is 2.22. The monoisotopic (exact) mass is 245 g/mol. The Morgan fingerprint density at radius 2 is 2.17 bits per heavy atom. The van der Waals surface area contributed by atoms with Crippen LogP contribution < -0.4 is 0 Å². The third kappa shape index (κ3) is 2.56. The van der Waals surface area contributed by atoms with Gasteiger partial charge >= 0.3 is 5.97 Å². The van der Waals surface area contributed by atoms with Crippen molar-refractivity contribution in [1.29, 1.82) is 0 Å². The first kappa shape index (κ1) is 12.3. The molecule has 2 aromatic rings. The summed E-state index contributed by atoms with van der Waals surface area (Å²) in [5.74, 6) is -1.42. The van der Waals surface area contributed by atoms with E-state index in [9.17, 15) is 9.90 Å². The summed E-state index contributed by atoms with van der Waals surface area (Å²) >= 11 is 0. The van der Waals surface area contributed by atoms with Crippen LogP contribution in [0.4, 0.5) is 0 Å². The van der Waals surface area contributed by atoms with Crippen molar-refractivity contribution in [1.82, 2.24) is 15.0 Å². The molecule has 0 radical (unpaired) electrons. The second-order valence-corrected chi connectivity index (χ2v) is 4.34. The molecule has 1 heterocycles. The average molecular weight is 245 g/mol. The summed E-state index contributed by atoms with van der Waals surface area (Å²) in [6, 6.07) is 7.53. The first-order valence-corrected chi connectivity index (χ1v) is 5.71. The lowest BCUT2D eigenvalue weighted by molar-refractivity contribution is -0.138. The zero-order valence-corrected chi connectivity index (χ0v) is 10.4. The Hall–Kier alpha value is -2.17. The van der Waals surface area contributed by atoms with Crippen molar-refractivity contribution in [3.63, 3.8) is 0 Å².